The van der Waals surface area contributed by atoms with Crippen molar-refractivity contribution in [3.8, 4) is 5.75 Å². The Balaban J connectivity index is 1.79. The van der Waals surface area contributed by atoms with Crippen molar-refractivity contribution in [1.29, 1.82) is 0 Å². The number of alkyl halides is 3. The average molecular weight is 471 g/mol. The van der Waals surface area contributed by atoms with Crippen molar-refractivity contribution in [2.45, 2.75) is 49.8 Å². The topological polar surface area (TPSA) is 75.7 Å². The van der Waals surface area contributed by atoms with Gasteiger partial charge >= 0.3 is 6.18 Å². The summed E-state index contributed by atoms with van der Waals surface area (Å²) in [5.41, 5.74) is -0.180. The minimum absolute atomic E-state index is 0.00571. The number of hydrogen-bond acceptors (Lipinski definition) is 4. The lowest BCUT2D eigenvalue weighted by Crippen LogP contribution is -2.42. The van der Waals surface area contributed by atoms with Crippen LogP contribution in [0.2, 0.25) is 0 Å². The Hall–Kier alpha value is -2.59. The van der Waals surface area contributed by atoms with Gasteiger partial charge in [0.2, 0.25) is 10.0 Å². The van der Waals surface area contributed by atoms with Gasteiger partial charge in [-0.15, -0.1) is 0 Å². The van der Waals surface area contributed by atoms with E-state index in [1.165, 1.54) is 41.7 Å². The Labute approximate surface area is 185 Å². The van der Waals surface area contributed by atoms with Gasteiger partial charge in [0.1, 0.15) is 10.6 Å². The number of amides is 1. The second kappa shape index (κ2) is 9.50. The van der Waals surface area contributed by atoms with Gasteiger partial charge in [0, 0.05) is 24.7 Å². The van der Waals surface area contributed by atoms with Crippen molar-refractivity contribution < 1.29 is 31.1 Å². The van der Waals surface area contributed by atoms with E-state index in [0.717, 1.165) is 31.4 Å². The Kier molecular flexibility index (Phi) is 7.14. The number of rotatable bonds is 6. The third kappa shape index (κ3) is 5.24. The molecule has 32 heavy (non-hydrogen) atoms. The molecule has 1 aliphatic heterocycles. The molecular weight excluding hydrogens is 445 g/mol. The molecule has 10 heteroatoms. The molecule has 0 aliphatic carbocycles. The van der Waals surface area contributed by atoms with Crippen LogP contribution in [-0.4, -0.2) is 38.3 Å². The molecule has 1 saturated heterocycles. The number of nitrogens with zero attached hydrogens (tertiary/aromatic N) is 1. The Morgan fingerprint density at radius 1 is 1.16 bits per heavy atom. The second-order valence-electron chi connectivity index (χ2n) is 7.70. The summed E-state index contributed by atoms with van der Waals surface area (Å²) in [6, 6.07) is 8.44. The monoisotopic (exact) mass is 470 g/mol. The quantitative estimate of drug-likeness (QED) is 0.687. The molecule has 0 saturated carbocycles. The zero-order chi connectivity index (χ0) is 23.5. The number of ether oxygens (including phenoxy) is 1. The maximum Gasteiger partial charge on any atom is 0.416 e. The number of sulfonamides is 1. The normalized spacial score (nSPS) is 17.7. The van der Waals surface area contributed by atoms with Crippen LogP contribution in [0.15, 0.2) is 47.4 Å². The fraction of sp³-hybridized carbons (Fsp3) is 0.409. The third-order valence-corrected chi connectivity index (χ3v) is 7.52. The lowest BCUT2D eigenvalue weighted by atomic mass is 10.1. The molecule has 0 radical (unpaired) electrons. The summed E-state index contributed by atoms with van der Waals surface area (Å²) in [6.45, 7) is 2.25. The van der Waals surface area contributed by atoms with E-state index in [1.54, 1.807) is 0 Å². The molecule has 1 atom stereocenters. The summed E-state index contributed by atoms with van der Waals surface area (Å²) in [7, 11) is -2.51. The van der Waals surface area contributed by atoms with E-state index in [4.69, 9.17) is 4.74 Å². The smallest absolute Gasteiger partial charge is 0.416 e. The number of carbonyl (C=O) groups is 1. The second-order valence-corrected chi connectivity index (χ2v) is 9.56. The van der Waals surface area contributed by atoms with Crippen molar-refractivity contribution in [1.82, 2.24) is 9.62 Å². The first-order chi connectivity index (χ1) is 15.0. The van der Waals surface area contributed by atoms with E-state index in [1.807, 2.05) is 6.92 Å². The molecule has 0 aromatic heterocycles. The summed E-state index contributed by atoms with van der Waals surface area (Å²) >= 11 is 0. The molecule has 1 N–H and O–H groups in total. The van der Waals surface area contributed by atoms with Crippen molar-refractivity contribution in [3.05, 3.63) is 59.2 Å². The molecule has 0 spiro atoms. The summed E-state index contributed by atoms with van der Waals surface area (Å²) < 4.78 is 71.2. The van der Waals surface area contributed by atoms with Crippen LogP contribution >= 0.6 is 0 Å². The van der Waals surface area contributed by atoms with Gasteiger partial charge in [-0.25, -0.2) is 8.42 Å². The number of carbonyl (C=O) groups excluding carboxylic acids is 1. The van der Waals surface area contributed by atoms with E-state index < -0.39 is 27.7 Å². The van der Waals surface area contributed by atoms with Crippen LogP contribution in [0, 0.1) is 0 Å². The molecule has 1 aliphatic rings. The summed E-state index contributed by atoms with van der Waals surface area (Å²) in [4.78, 5) is 12.5. The highest BCUT2D eigenvalue weighted by Crippen LogP contribution is 2.32. The predicted molar refractivity (Wildman–Crippen MR) is 113 cm³/mol. The number of nitrogens with one attached hydrogen (secondary N) is 1. The van der Waals surface area contributed by atoms with Crippen LogP contribution in [0.1, 0.15) is 47.7 Å². The minimum Gasteiger partial charge on any atom is -0.495 e. The summed E-state index contributed by atoms with van der Waals surface area (Å²) in [5, 5.41) is 2.61. The van der Waals surface area contributed by atoms with E-state index in [9.17, 15) is 26.4 Å². The molecule has 2 aromatic rings. The molecule has 0 bridgehead atoms. The molecule has 1 heterocycles. The molecule has 6 nitrogen and oxygen atoms in total. The van der Waals surface area contributed by atoms with Gasteiger partial charge in [0.15, 0.2) is 0 Å². The molecule has 174 valence electrons. The van der Waals surface area contributed by atoms with Gasteiger partial charge in [0.25, 0.3) is 5.91 Å². The number of halogens is 3. The highest BCUT2D eigenvalue weighted by atomic mass is 32.2. The first-order valence-electron chi connectivity index (χ1n) is 10.2. The van der Waals surface area contributed by atoms with Crippen molar-refractivity contribution in [2.24, 2.45) is 0 Å². The zero-order valence-corrected chi connectivity index (χ0v) is 18.6. The van der Waals surface area contributed by atoms with Crippen LogP contribution < -0.4 is 10.1 Å². The van der Waals surface area contributed by atoms with Crippen LogP contribution in [0.25, 0.3) is 0 Å². The Morgan fingerprint density at radius 2 is 1.84 bits per heavy atom. The van der Waals surface area contributed by atoms with Crippen molar-refractivity contribution in [3.63, 3.8) is 0 Å². The van der Waals surface area contributed by atoms with Gasteiger partial charge in [-0.1, -0.05) is 18.6 Å². The Morgan fingerprint density at radius 3 is 2.44 bits per heavy atom. The lowest BCUT2D eigenvalue weighted by molar-refractivity contribution is -0.137. The number of methoxy groups -OCH3 is 1. The molecule has 1 amide bonds. The molecule has 2 aromatic carbocycles. The lowest BCUT2D eigenvalue weighted by Gasteiger charge is -2.32. The fourth-order valence-corrected chi connectivity index (χ4v) is 5.55. The van der Waals surface area contributed by atoms with E-state index in [2.05, 4.69) is 5.32 Å². The maximum atomic E-state index is 13.3. The van der Waals surface area contributed by atoms with Gasteiger partial charge in [-0.2, -0.15) is 17.5 Å². The van der Waals surface area contributed by atoms with Crippen molar-refractivity contribution >= 4 is 15.9 Å². The predicted octanol–water partition coefficient (Wildman–Crippen LogP) is 4.21. The summed E-state index contributed by atoms with van der Waals surface area (Å²) in [6.07, 6.45) is -1.95. The summed E-state index contributed by atoms with van der Waals surface area (Å²) in [5.74, 6) is -0.405. The van der Waals surface area contributed by atoms with Crippen LogP contribution in [0.3, 0.4) is 0 Å². The highest BCUT2D eigenvalue weighted by Gasteiger charge is 2.34. The SMILES string of the molecule is COc1ccc(C(=O)NCc2ccc(C(F)(F)F)cc2)cc1S(=O)(=O)N1CCCCC1C. The average Bonchev–Trinajstić information content (AvgIpc) is 2.76. The van der Waals surface area contributed by atoms with E-state index in [0.29, 0.717) is 12.1 Å². The number of hydrogen-bond donors (Lipinski definition) is 1. The number of benzene rings is 2. The molecule has 1 unspecified atom stereocenters. The first kappa shape index (κ1) is 24.1. The van der Waals surface area contributed by atoms with E-state index >= 15 is 0 Å². The minimum atomic E-state index is -4.43. The molecule has 3 rings (SSSR count). The first-order valence-corrected chi connectivity index (χ1v) is 11.6. The van der Waals surface area contributed by atoms with Crippen molar-refractivity contribution in [2.75, 3.05) is 13.7 Å². The molecule has 1 fully saturated rings. The van der Waals surface area contributed by atoms with Gasteiger partial charge in [-0.05, 0) is 55.7 Å². The van der Waals surface area contributed by atoms with Crippen LogP contribution in [0.4, 0.5) is 13.2 Å². The van der Waals surface area contributed by atoms with E-state index in [-0.39, 0.29) is 28.8 Å². The highest BCUT2D eigenvalue weighted by molar-refractivity contribution is 7.89. The van der Waals surface area contributed by atoms with Gasteiger partial charge in [0.05, 0.1) is 12.7 Å². The van der Waals surface area contributed by atoms with Crippen LogP contribution in [0.5, 0.6) is 5.75 Å². The van der Waals surface area contributed by atoms with Gasteiger partial charge in [-0.3, -0.25) is 4.79 Å². The third-order valence-electron chi connectivity index (χ3n) is 5.49. The Bertz CT molecular complexity index is 1070. The zero-order valence-electron chi connectivity index (χ0n) is 17.8. The molecular formula is C22H25F3N2O4S. The largest absolute Gasteiger partial charge is 0.495 e. The maximum absolute atomic E-state index is 13.3. The standard InChI is InChI=1S/C22H25F3N2O4S/c1-15-5-3-4-12-27(15)32(29,30)20-13-17(8-11-19(20)31-2)21(28)26-14-16-6-9-18(10-7-16)22(23,24)25/h6-11,13,15H,3-5,12,14H2,1-2H3,(H,26,28). The number of piperidine rings is 1. The fourth-order valence-electron chi connectivity index (χ4n) is 3.67. The van der Waals surface area contributed by atoms with Crippen LogP contribution in [-0.2, 0) is 22.7 Å². The van der Waals surface area contributed by atoms with Gasteiger partial charge < -0.3 is 10.1 Å².